The van der Waals surface area contributed by atoms with Gasteiger partial charge in [-0.1, -0.05) is 24.3 Å². The van der Waals surface area contributed by atoms with Crippen molar-refractivity contribution in [1.29, 1.82) is 0 Å². The Morgan fingerprint density at radius 3 is 2.64 bits per heavy atom. The Balaban J connectivity index is 2.00. The van der Waals surface area contributed by atoms with Crippen molar-refractivity contribution in [3.8, 4) is 5.69 Å². The first-order valence-electron chi connectivity index (χ1n) is 6.48. The van der Waals surface area contributed by atoms with Gasteiger partial charge >= 0.3 is 0 Å². The van der Waals surface area contributed by atoms with Gasteiger partial charge in [0, 0.05) is 0 Å². The number of hydrogen-bond donors (Lipinski definition) is 1. The summed E-state index contributed by atoms with van der Waals surface area (Å²) in [6, 6.07) is 13.6. The monoisotopic (exact) mass is 315 g/mol. The molecule has 0 atom stereocenters. The highest BCUT2D eigenvalue weighted by molar-refractivity contribution is 7.92. The highest BCUT2D eigenvalue weighted by Gasteiger charge is 2.16. The first-order valence-corrected chi connectivity index (χ1v) is 7.96. The Kier molecular flexibility index (Phi) is 3.60. The summed E-state index contributed by atoms with van der Waals surface area (Å²) in [7, 11) is -3.68. The van der Waals surface area contributed by atoms with Gasteiger partial charge in [0.2, 0.25) is 0 Å². The Morgan fingerprint density at radius 2 is 1.91 bits per heavy atom. The quantitative estimate of drug-likeness (QED) is 0.792. The van der Waals surface area contributed by atoms with Crippen LogP contribution in [0, 0.1) is 6.92 Å². The second-order valence-corrected chi connectivity index (χ2v) is 6.38. The lowest BCUT2D eigenvalue weighted by Crippen LogP contribution is -2.15. The standard InChI is InChI=1S/C14H13N5O2S/c1-11-5-4-6-12(9-11)22(20,21)16-13-7-2-3-8-14(13)19-10-15-17-18-19/h2-10,16H,1H3. The van der Waals surface area contributed by atoms with E-state index in [2.05, 4.69) is 20.2 Å². The van der Waals surface area contributed by atoms with Crippen molar-refractivity contribution in [1.82, 2.24) is 20.2 Å². The summed E-state index contributed by atoms with van der Waals surface area (Å²) in [4.78, 5) is 0.207. The van der Waals surface area contributed by atoms with Gasteiger partial charge in [0.25, 0.3) is 10.0 Å². The highest BCUT2D eigenvalue weighted by atomic mass is 32.2. The van der Waals surface area contributed by atoms with E-state index in [0.717, 1.165) is 5.56 Å². The van der Waals surface area contributed by atoms with Crippen molar-refractivity contribution in [2.75, 3.05) is 4.72 Å². The summed E-state index contributed by atoms with van der Waals surface area (Å²) in [5.74, 6) is 0. The highest BCUT2D eigenvalue weighted by Crippen LogP contribution is 2.22. The van der Waals surface area contributed by atoms with Gasteiger partial charge in [-0.25, -0.2) is 8.42 Å². The van der Waals surface area contributed by atoms with E-state index in [9.17, 15) is 8.42 Å². The predicted molar refractivity (Wildman–Crippen MR) is 81.1 cm³/mol. The average molecular weight is 315 g/mol. The van der Waals surface area contributed by atoms with E-state index in [0.29, 0.717) is 11.4 Å². The molecule has 3 aromatic rings. The minimum Gasteiger partial charge on any atom is -0.277 e. The molecule has 0 unspecified atom stereocenters. The Hall–Kier alpha value is -2.74. The second kappa shape index (κ2) is 5.57. The molecule has 2 aromatic carbocycles. The zero-order chi connectivity index (χ0) is 15.6. The maximum absolute atomic E-state index is 12.5. The fraction of sp³-hybridized carbons (Fsp3) is 0.0714. The average Bonchev–Trinajstić information content (AvgIpc) is 3.01. The van der Waals surface area contributed by atoms with Crippen LogP contribution in [0.2, 0.25) is 0 Å². The van der Waals surface area contributed by atoms with Gasteiger partial charge in [-0.15, -0.1) is 5.10 Å². The molecule has 112 valence electrons. The summed E-state index contributed by atoms with van der Waals surface area (Å²) in [6.45, 7) is 1.84. The van der Waals surface area contributed by atoms with E-state index < -0.39 is 10.0 Å². The van der Waals surface area contributed by atoms with Crippen LogP contribution >= 0.6 is 0 Å². The molecule has 7 nitrogen and oxygen atoms in total. The molecule has 8 heteroatoms. The molecule has 0 spiro atoms. The molecule has 1 aromatic heterocycles. The summed E-state index contributed by atoms with van der Waals surface area (Å²) in [6.07, 6.45) is 1.40. The van der Waals surface area contributed by atoms with E-state index in [1.165, 1.54) is 11.0 Å². The third-order valence-electron chi connectivity index (χ3n) is 3.04. The van der Waals surface area contributed by atoms with Crippen LogP contribution in [0.1, 0.15) is 5.56 Å². The van der Waals surface area contributed by atoms with Crippen LogP contribution < -0.4 is 4.72 Å². The van der Waals surface area contributed by atoms with Crippen molar-refractivity contribution < 1.29 is 8.42 Å². The lowest BCUT2D eigenvalue weighted by Gasteiger charge is -2.12. The van der Waals surface area contributed by atoms with Gasteiger partial charge < -0.3 is 0 Å². The van der Waals surface area contributed by atoms with Gasteiger partial charge in [0.05, 0.1) is 16.3 Å². The van der Waals surface area contributed by atoms with E-state index in [4.69, 9.17) is 0 Å². The lowest BCUT2D eigenvalue weighted by atomic mass is 10.2. The van der Waals surface area contributed by atoms with E-state index in [1.807, 2.05) is 13.0 Å². The van der Waals surface area contributed by atoms with Crippen LogP contribution in [0.4, 0.5) is 5.69 Å². The van der Waals surface area contributed by atoms with Gasteiger partial charge in [0.1, 0.15) is 6.33 Å². The molecule has 0 bridgehead atoms. The molecule has 0 aliphatic rings. The largest absolute Gasteiger partial charge is 0.277 e. The van der Waals surface area contributed by atoms with Crippen molar-refractivity contribution in [3.63, 3.8) is 0 Å². The molecule has 22 heavy (non-hydrogen) atoms. The Labute approximate surface area is 127 Å². The molecular weight excluding hydrogens is 302 g/mol. The minimum atomic E-state index is -3.68. The van der Waals surface area contributed by atoms with Crippen LogP contribution in [0.5, 0.6) is 0 Å². The summed E-state index contributed by atoms with van der Waals surface area (Å²) in [5, 5.41) is 10.9. The van der Waals surface area contributed by atoms with Gasteiger partial charge in [-0.2, -0.15) is 4.68 Å². The van der Waals surface area contributed by atoms with Crippen molar-refractivity contribution in [2.45, 2.75) is 11.8 Å². The lowest BCUT2D eigenvalue weighted by molar-refractivity contribution is 0.601. The zero-order valence-corrected chi connectivity index (χ0v) is 12.5. The first kappa shape index (κ1) is 14.2. The molecule has 0 radical (unpaired) electrons. The number of sulfonamides is 1. The fourth-order valence-corrected chi connectivity index (χ4v) is 3.20. The number of benzene rings is 2. The number of anilines is 1. The molecule has 0 saturated heterocycles. The number of nitrogens with zero attached hydrogens (tertiary/aromatic N) is 4. The molecular formula is C14H13N5O2S. The molecule has 3 rings (SSSR count). The van der Waals surface area contributed by atoms with Gasteiger partial charge in [-0.05, 0) is 47.2 Å². The number of rotatable bonds is 4. The second-order valence-electron chi connectivity index (χ2n) is 4.69. The molecule has 0 aliphatic carbocycles. The van der Waals surface area contributed by atoms with E-state index >= 15 is 0 Å². The maximum atomic E-state index is 12.5. The normalized spacial score (nSPS) is 11.3. The van der Waals surface area contributed by atoms with Crippen molar-refractivity contribution >= 4 is 15.7 Å². The fourth-order valence-electron chi connectivity index (χ4n) is 2.02. The summed E-state index contributed by atoms with van der Waals surface area (Å²) >= 11 is 0. The zero-order valence-electron chi connectivity index (χ0n) is 11.7. The van der Waals surface area contributed by atoms with Crippen LogP contribution in [0.25, 0.3) is 5.69 Å². The third kappa shape index (κ3) is 2.82. The Bertz CT molecular complexity index is 891. The summed E-state index contributed by atoms with van der Waals surface area (Å²) < 4.78 is 29.0. The van der Waals surface area contributed by atoms with Crippen LogP contribution in [0.3, 0.4) is 0 Å². The SMILES string of the molecule is Cc1cccc(S(=O)(=O)Nc2ccccc2-n2cnnn2)c1. The topological polar surface area (TPSA) is 89.8 Å². The molecule has 1 heterocycles. The van der Waals surface area contributed by atoms with Gasteiger partial charge in [0.15, 0.2) is 0 Å². The summed E-state index contributed by atoms with van der Waals surface area (Å²) in [5.41, 5.74) is 1.82. The molecule has 0 saturated carbocycles. The van der Waals surface area contributed by atoms with Crippen molar-refractivity contribution in [3.05, 3.63) is 60.4 Å². The third-order valence-corrected chi connectivity index (χ3v) is 4.41. The van der Waals surface area contributed by atoms with E-state index in [1.54, 1.807) is 42.5 Å². The number of tetrazole rings is 1. The van der Waals surface area contributed by atoms with Gasteiger partial charge in [-0.3, -0.25) is 4.72 Å². The number of aryl methyl sites for hydroxylation is 1. The molecule has 1 N–H and O–H groups in total. The van der Waals surface area contributed by atoms with Crippen LogP contribution in [-0.2, 0) is 10.0 Å². The molecule has 0 fully saturated rings. The maximum Gasteiger partial charge on any atom is 0.261 e. The van der Waals surface area contributed by atoms with E-state index in [-0.39, 0.29) is 4.90 Å². The molecule has 0 amide bonds. The number of aromatic nitrogens is 4. The number of para-hydroxylation sites is 2. The smallest absolute Gasteiger partial charge is 0.261 e. The number of hydrogen-bond acceptors (Lipinski definition) is 5. The minimum absolute atomic E-state index is 0.207. The predicted octanol–water partition coefficient (Wildman–Crippen LogP) is 1.77. The first-order chi connectivity index (χ1) is 10.6. The Morgan fingerprint density at radius 1 is 1.09 bits per heavy atom. The van der Waals surface area contributed by atoms with Crippen molar-refractivity contribution in [2.24, 2.45) is 0 Å². The van der Waals surface area contributed by atoms with Crippen LogP contribution in [0.15, 0.2) is 59.8 Å². The van der Waals surface area contributed by atoms with Crippen LogP contribution in [-0.4, -0.2) is 28.6 Å². The number of nitrogens with one attached hydrogen (secondary N) is 1. The molecule has 0 aliphatic heterocycles.